The fraction of sp³-hybridized carbons (Fsp3) is 0.333. The Balaban J connectivity index is 3.52. The number of aliphatic carboxylic acids is 1. The molecule has 0 bridgehead atoms. The van der Waals surface area contributed by atoms with Gasteiger partial charge in [0.2, 0.25) is 5.95 Å². The molecule has 0 saturated carbocycles. The number of nitrogens with zero attached hydrogens (tertiary/aromatic N) is 1. The van der Waals surface area contributed by atoms with E-state index in [0.717, 1.165) is 0 Å². The molecule has 1 N–H and O–H groups in total. The Bertz CT molecular complexity index is 471. The van der Waals surface area contributed by atoms with Crippen LogP contribution >= 0.6 is 0 Å². The van der Waals surface area contributed by atoms with E-state index in [2.05, 4.69) is 4.98 Å². The van der Waals surface area contributed by atoms with Gasteiger partial charge in [0.05, 0.1) is 12.0 Å². The number of alkyl halides is 5. The lowest BCUT2D eigenvalue weighted by molar-refractivity contribution is -0.140. The minimum absolute atomic E-state index is 0.107. The molecule has 1 rings (SSSR count). The highest BCUT2D eigenvalue weighted by Crippen LogP contribution is 2.36. The quantitative estimate of drug-likeness (QED) is 0.680. The summed E-state index contributed by atoms with van der Waals surface area (Å²) in [5.41, 5.74) is -4.50. The van der Waals surface area contributed by atoms with Crippen molar-refractivity contribution in [3.8, 4) is 0 Å². The highest BCUT2D eigenvalue weighted by molar-refractivity contribution is 5.71. The molecule has 9 heteroatoms. The van der Waals surface area contributed by atoms with Crippen molar-refractivity contribution in [1.29, 1.82) is 0 Å². The molecule has 0 aromatic carbocycles. The van der Waals surface area contributed by atoms with E-state index in [1.54, 1.807) is 0 Å². The SMILES string of the molecule is O=C(O)Cc1c(C(F)(F)F)cc(F)nc1C(F)F. The van der Waals surface area contributed by atoms with Crippen LogP contribution in [-0.4, -0.2) is 16.1 Å². The first-order valence-corrected chi connectivity index (χ1v) is 4.39. The molecule has 0 fully saturated rings. The van der Waals surface area contributed by atoms with E-state index in [0.29, 0.717) is 0 Å². The van der Waals surface area contributed by atoms with Crippen molar-refractivity contribution < 1.29 is 36.2 Å². The third-order valence-corrected chi connectivity index (χ3v) is 1.97. The van der Waals surface area contributed by atoms with Gasteiger partial charge in [-0.05, 0) is 0 Å². The van der Waals surface area contributed by atoms with E-state index in [1.807, 2.05) is 0 Å². The minimum Gasteiger partial charge on any atom is -0.481 e. The Morgan fingerprint density at radius 1 is 1.39 bits per heavy atom. The van der Waals surface area contributed by atoms with Gasteiger partial charge in [0.25, 0.3) is 6.43 Å². The Morgan fingerprint density at radius 3 is 2.33 bits per heavy atom. The highest BCUT2D eigenvalue weighted by atomic mass is 19.4. The number of rotatable bonds is 3. The van der Waals surface area contributed by atoms with Crippen molar-refractivity contribution in [3.05, 3.63) is 28.8 Å². The lowest BCUT2D eigenvalue weighted by Gasteiger charge is -2.14. The summed E-state index contributed by atoms with van der Waals surface area (Å²) in [4.78, 5) is 13.0. The van der Waals surface area contributed by atoms with Crippen molar-refractivity contribution >= 4 is 5.97 Å². The molecule has 3 nitrogen and oxygen atoms in total. The molecule has 1 heterocycles. The predicted molar refractivity (Wildman–Crippen MR) is 45.5 cm³/mol. The molecule has 0 spiro atoms. The summed E-state index contributed by atoms with van der Waals surface area (Å²) < 4.78 is 75.1. The van der Waals surface area contributed by atoms with E-state index in [-0.39, 0.29) is 6.07 Å². The van der Waals surface area contributed by atoms with Gasteiger partial charge in [0.1, 0.15) is 5.69 Å². The largest absolute Gasteiger partial charge is 0.481 e. The average Bonchev–Trinajstić information content (AvgIpc) is 2.17. The number of halogens is 6. The molecule has 0 amide bonds. The maximum atomic E-state index is 12.7. The van der Waals surface area contributed by atoms with Gasteiger partial charge in [-0.3, -0.25) is 4.79 Å². The first kappa shape index (κ1) is 14.3. The van der Waals surface area contributed by atoms with E-state index >= 15 is 0 Å². The maximum Gasteiger partial charge on any atom is 0.416 e. The molecule has 0 radical (unpaired) electrons. The van der Waals surface area contributed by atoms with Crippen LogP contribution in [0.3, 0.4) is 0 Å². The van der Waals surface area contributed by atoms with Crippen molar-refractivity contribution in [1.82, 2.24) is 4.98 Å². The lowest BCUT2D eigenvalue weighted by atomic mass is 10.0. The van der Waals surface area contributed by atoms with Gasteiger partial charge in [-0.25, -0.2) is 13.8 Å². The smallest absolute Gasteiger partial charge is 0.416 e. The summed E-state index contributed by atoms with van der Waals surface area (Å²) in [6, 6.07) is -0.107. The molecule has 0 saturated heterocycles. The number of aromatic nitrogens is 1. The Morgan fingerprint density at radius 2 is 1.94 bits per heavy atom. The summed E-state index contributed by atoms with van der Waals surface area (Å²) in [6.07, 6.45) is -9.96. The predicted octanol–water partition coefficient (Wildman–Crippen LogP) is 2.80. The van der Waals surface area contributed by atoms with Gasteiger partial charge in [-0.15, -0.1) is 0 Å². The fourth-order valence-electron chi connectivity index (χ4n) is 1.33. The van der Waals surface area contributed by atoms with Gasteiger partial charge in [-0.2, -0.15) is 17.6 Å². The van der Waals surface area contributed by atoms with Crippen LogP contribution in [0.1, 0.15) is 23.2 Å². The number of hydrogen-bond acceptors (Lipinski definition) is 2. The molecular formula is C9H5F6NO2. The summed E-state index contributed by atoms with van der Waals surface area (Å²) in [6.45, 7) is 0. The number of hydrogen-bond donors (Lipinski definition) is 1. The summed E-state index contributed by atoms with van der Waals surface area (Å²) in [5.74, 6) is -3.50. The average molecular weight is 273 g/mol. The zero-order valence-corrected chi connectivity index (χ0v) is 8.43. The summed E-state index contributed by atoms with van der Waals surface area (Å²) in [5, 5.41) is 8.40. The highest BCUT2D eigenvalue weighted by Gasteiger charge is 2.37. The Labute approximate surface area is 96.1 Å². The lowest BCUT2D eigenvalue weighted by Crippen LogP contribution is -2.17. The van der Waals surface area contributed by atoms with Gasteiger partial charge >= 0.3 is 12.1 Å². The van der Waals surface area contributed by atoms with Crippen LogP contribution in [0.25, 0.3) is 0 Å². The van der Waals surface area contributed by atoms with Gasteiger partial charge in [0.15, 0.2) is 0 Å². The molecular weight excluding hydrogens is 268 g/mol. The number of carbonyl (C=O) groups is 1. The van der Waals surface area contributed by atoms with Crippen molar-refractivity contribution in [2.24, 2.45) is 0 Å². The zero-order valence-electron chi connectivity index (χ0n) is 8.43. The summed E-state index contributed by atoms with van der Waals surface area (Å²) >= 11 is 0. The number of pyridine rings is 1. The molecule has 1 aromatic heterocycles. The second-order valence-corrected chi connectivity index (χ2v) is 3.23. The summed E-state index contributed by atoms with van der Waals surface area (Å²) in [7, 11) is 0. The van der Waals surface area contributed by atoms with E-state index in [9.17, 15) is 31.1 Å². The minimum atomic E-state index is -5.14. The van der Waals surface area contributed by atoms with Crippen LogP contribution in [0.15, 0.2) is 6.07 Å². The maximum absolute atomic E-state index is 12.7. The van der Waals surface area contributed by atoms with Crippen LogP contribution in [0.5, 0.6) is 0 Å². The molecule has 0 unspecified atom stereocenters. The standard InChI is InChI=1S/C9H5F6NO2/c10-5-2-4(9(13,14)15)3(1-6(17)18)7(16-5)8(11)12/h2,8H,1H2,(H,17,18). The first-order valence-electron chi connectivity index (χ1n) is 4.39. The first-order chi connectivity index (χ1) is 8.12. The van der Waals surface area contributed by atoms with Crippen molar-refractivity contribution in [3.63, 3.8) is 0 Å². The Hall–Kier alpha value is -1.80. The van der Waals surface area contributed by atoms with Crippen LogP contribution in [0, 0.1) is 5.95 Å². The molecule has 1 aromatic rings. The second kappa shape index (κ2) is 4.83. The van der Waals surface area contributed by atoms with Crippen LogP contribution in [-0.2, 0) is 17.4 Å². The van der Waals surface area contributed by atoms with E-state index in [1.165, 1.54) is 0 Å². The molecule has 0 aliphatic carbocycles. The van der Waals surface area contributed by atoms with E-state index < -0.39 is 47.8 Å². The number of carboxylic acids is 1. The van der Waals surface area contributed by atoms with Gasteiger partial charge < -0.3 is 5.11 Å². The topological polar surface area (TPSA) is 50.2 Å². The van der Waals surface area contributed by atoms with Crippen LogP contribution in [0.4, 0.5) is 26.3 Å². The molecule has 0 aliphatic rings. The second-order valence-electron chi connectivity index (χ2n) is 3.23. The van der Waals surface area contributed by atoms with Gasteiger partial charge in [0, 0.05) is 11.6 Å². The van der Waals surface area contributed by atoms with Crippen molar-refractivity contribution in [2.75, 3.05) is 0 Å². The number of carboxylic acid groups (broad SMARTS) is 1. The third kappa shape index (κ3) is 3.11. The molecule has 18 heavy (non-hydrogen) atoms. The monoisotopic (exact) mass is 273 g/mol. The molecule has 0 aliphatic heterocycles. The molecule has 100 valence electrons. The molecule has 0 atom stereocenters. The fourth-order valence-corrected chi connectivity index (χ4v) is 1.33. The normalized spacial score (nSPS) is 11.9. The van der Waals surface area contributed by atoms with Crippen LogP contribution < -0.4 is 0 Å². The third-order valence-electron chi connectivity index (χ3n) is 1.97. The van der Waals surface area contributed by atoms with Crippen molar-refractivity contribution in [2.45, 2.75) is 19.0 Å². The van der Waals surface area contributed by atoms with E-state index in [4.69, 9.17) is 5.11 Å². The van der Waals surface area contributed by atoms with Crippen LogP contribution in [0.2, 0.25) is 0 Å². The van der Waals surface area contributed by atoms with Gasteiger partial charge in [-0.1, -0.05) is 0 Å². The Kier molecular flexibility index (Phi) is 3.82. The zero-order chi connectivity index (χ0) is 14.1.